The number of benzene rings is 2. The van der Waals surface area contributed by atoms with Gasteiger partial charge in [0, 0.05) is 36.5 Å². The molecular weight excluding hydrogens is 565 g/mol. The lowest BCUT2D eigenvalue weighted by Gasteiger charge is -2.35. The average Bonchev–Trinajstić information content (AvgIpc) is 3.38. The molecular formula is C29H25F3N8OS. The summed E-state index contributed by atoms with van der Waals surface area (Å²) in [6.45, 7) is 1.56. The van der Waals surface area contributed by atoms with E-state index in [2.05, 4.69) is 31.1 Å². The second-order valence-corrected chi connectivity index (χ2v) is 10.9. The third kappa shape index (κ3) is 5.78. The predicted molar refractivity (Wildman–Crippen MR) is 154 cm³/mol. The van der Waals surface area contributed by atoms with Gasteiger partial charge in [0.2, 0.25) is 5.95 Å². The maximum Gasteiger partial charge on any atom is 0.277 e. The Morgan fingerprint density at radius 2 is 1.76 bits per heavy atom. The Labute approximate surface area is 243 Å². The second-order valence-electron chi connectivity index (χ2n) is 9.91. The fourth-order valence-electron chi connectivity index (χ4n) is 5.14. The highest BCUT2D eigenvalue weighted by molar-refractivity contribution is 8.13. The topological polar surface area (TPSA) is 107 Å². The lowest BCUT2D eigenvalue weighted by atomic mass is 9.81. The summed E-state index contributed by atoms with van der Waals surface area (Å²) in [5.41, 5.74) is 7.50. The van der Waals surface area contributed by atoms with Crippen molar-refractivity contribution in [3.63, 3.8) is 0 Å². The van der Waals surface area contributed by atoms with Crippen LogP contribution in [0.3, 0.4) is 0 Å². The number of halogens is 3. The minimum atomic E-state index is -1.05. The molecule has 2 aliphatic heterocycles. The first-order valence-corrected chi connectivity index (χ1v) is 14.1. The van der Waals surface area contributed by atoms with E-state index in [1.54, 1.807) is 30.0 Å². The molecule has 4 heterocycles. The molecule has 1 saturated heterocycles. The minimum absolute atomic E-state index is 0.0259. The SMILES string of the molecule is O=C(Nc1cccc([C@]23CN(c4ncc(F)cn4)C[C@H]2CSC(NNCc2ccccc2)=N3)c1)c1ncc(F)cc1F. The molecule has 2 aliphatic rings. The van der Waals surface area contributed by atoms with E-state index >= 15 is 0 Å². The number of carbonyl (C=O) groups is 1. The first-order chi connectivity index (χ1) is 20.4. The van der Waals surface area contributed by atoms with Crippen LogP contribution in [0.4, 0.5) is 24.8 Å². The smallest absolute Gasteiger partial charge is 0.277 e. The number of hydrazine groups is 1. The van der Waals surface area contributed by atoms with Gasteiger partial charge in [-0.3, -0.25) is 4.79 Å². The van der Waals surface area contributed by atoms with Crippen LogP contribution in [0.2, 0.25) is 0 Å². The zero-order valence-electron chi connectivity index (χ0n) is 22.1. The third-order valence-electron chi connectivity index (χ3n) is 7.13. The van der Waals surface area contributed by atoms with E-state index in [0.717, 1.165) is 35.5 Å². The lowest BCUT2D eigenvalue weighted by Crippen LogP contribution is -2.44. The van der Waals surface area contributed by atoms with Gasteiger partial charge in [-0.2, -0.15) is 0 Å². The highest BCUT2D eigenvalue weighted by atomic mass is 32.2. The molecule has 3 N–H and O–H groups in total. The van der Waals surface area contributed by atoms with Gasteiger partial charge in [0.15, 0.2) is 22.5 Å². The Morgan fingerprint density at radius 3 is 2.55 bits per heavy atom. The molecule has 0 radical (unpaired) electrons. The summed E-state index contributed by atoms with van der Waals surface area (Å²) in [5, 5.41) is 3.35. The number of nitrogens with one attached hydrogen (secondary N) is 3. The number of amidine groups is 1. The molecule has 2 atom stereocenters. The van der Waals surface area contributed by atoms with Crippen molar-refractivity contribution >= 4 is 34.5 Å². The highest BCUT2D eigenvalue weighted by Crippen LogP contribution is 2.46. The Kier molecular flexibility index (Phi) is 7.76. The second kappa shape index (κ2) is 11.8. The lowest BCUT2D eigenvalue weighted by molar-refractivity contribution is 0.101. The summed E-state index contributed by atoms with van der Waals surface area (Å²) in [6.07, 6.45) is 3.06. The largest absolute Gasteiger partial charge is 0.338 e. The van der Waals surface area contributed by atoms with E-state index in [-0.39, 0.29) is 5.92 Å². The molecule has 6 rings (SSSR count). The molecule has 1 fully saturated rings. The molecule has 2 aromatic carbocycles. The van der Waals surface area contributed by atoms with Crippen LogP contribution in [0.15, 0.2) is 84.2 Å². The van der Waals surface area contributed by atoms with E-state index in [4.69, 9.17) is 4.99 Å². The number of amides is 1. The van der Waals surface area contributed by atoms with Crippen molar-refractivity contribution in [1.29, 1.82) is 0 Å². The van der Waals surface area contributed by atoms with Crippen molar-refractivity contribution in [2.24, 2.45) is 10.9 Å². The van der Waals surface area contributed by atoms with Gasteiger partial charge in [-0.15, -0.1) is 0 Å². The van der Waals surface area contributed by atoms with Gasteiger partial charge in [-0.25, -0.2) is 38.5 Å². The van der Waals surface area contributed by atoms with Crippen LogP contribution < -0.4 is 21.1 Å². The zero-order chi connectivity index (χ0) is 29.1. The van der Waals surface area contributed by atoms with Crippen LogP contribution >= 0.6 is 11.8 Å². The maximum absolute atomic E-state index is 14.2. The highest BCUT2D eigenvalue weighted by Gasteiger charge is 2.51. The molecule has 0 saturated carbocycles. The molecule has 13 heteroatoms. The number of carbonyl (C=O) groups excluding carboxylic acids is 1. The van der Waals surface area contributed by atoms with Crippen molar-refractivity contribution in [2.45, 2.75) is 12.1 Å². The van der Waals surface area contributed by atoms with E-state index < -0.39 is 34.6 Å². The van der Waals surface area contributed by atoms with Gasteiger partial charge in [0.1, 0.15) is 11.4 Å². The number of thioether (sulfide) groups is 1. The number of fused-ring (bicyclic) bond motifs is 1. The molecule has 2 aromatic heterocycles. The summed E-state index contributed by atoms with van der Waals surface area (Å²) in [6, 6.07) is 17.7. The Balaban J connectivity index is 1.29. The molecule has 42 heavy (non-hydrogen) atoms. The number of aromatic nitrogens is 3. The number of aliphatic imine (C=N–C) groups is 1. The molecule has 4 aromatic rings. The molecule has 214 valence electrons. The van der Waals surface area contributed by atoms with Crippen molar-refractivity contribution in [1.82, 2.24) is 25.8 Å². The minimum Gasteiger partial charge on any atom is -0.338 e. The van der Waals surface area contributed by atoms with Gasteiger partial charge in [0.25, 0.3) is 5.91 Å². The predicted octanol–water partition coefficient (Wildman–Crippen LogP) is 4.27. The van der Waals surface area contributed by atoms with E-state index in [9.17, 15) is 18.0 Å². The van der Waals surface area contributed by atoms with Crippen molar-refractivity contribution < 1.29 is 18.0 Å². The average molecular weight is 591 g/mol. The van der Waals surface area contributed by atoms with Crippen molar-refractivity contribution in [3.05, 3.63) is 114 Å². The number of nitrogens with zero attached hydrogens (tertiary/aromatic N) is 5. The molecule has 0 unspecified atom stereocenters. The third-order valence-corrected chi connectivity index (χ3v) is 8.17. The molecule has 1 amide bonds. The quantitative estimate of drug-likeness (QED) is 0.274. The van der Waals surface area contributed by atoms with Gasteiger partial charge in [0.05, 0.1) is 25.1 Å². The first kappa shape index (κ1) is 27.7. The zero-order valence-corrected chi connectivity index (χ0v) is 22.9. The molecule has 0 aliphatic carbocycles. The van der Waals surface area contributed by atoms with Crippen LogP contribution in [-0.4, -0.2) is 44.9 Å². The monoisotopic (exact) mass is 590 g/mol. The molecule has 0 spiro atoms. The van der Waals surface area contributed by atoms with Crippen LogP contribution in [0, 0.1) is 23.4 Å². The fourth-order valence-corrected chi connectivity index (χ4v) is 6.26. The summed E-state index contributed by atoms with van der Waals surface area (Å²) in [4.78, 5) is 31.9. The van der Waals surface area contributed by atoms with Crippen LogP contribution in [0.25, 0.3) is 0 Å². The Hall–Kier alpha value is -4.49. The first-order valence-electron chi connectivity index (χ1n) is 13.1. The van der Waals surface area contributed by atoms with Crippen LogP contribution in [-0.2, 0) is 12.1 Å². The van der Waals surface area contributed by atoms with E-state index in [1.165, 1.54) is 0 Å². The van der Waals surface area contributed by atoms with Crippen molar-refractivity contribution in [3.8, 4) is 0 Å². The van der Waals surface area contributed by atoms with Crippen LogP contribution in [0.1, 0.15) is 21.6 Å². The van der Waals surface area contributed by atoms with Crippen LogP contribution in [0.5, 0.6) is 0 Å². The Morgan fingerprint density at radius 1 is 0.976 bits per heavy atom. The number of hydrogen-bond acceptors (Lipinski definition) is 9. The van der Waals surface area contributed by atoms with Gasteiger partial charge >= 0.3 is 0 Å². The summed E-state index contributed by atoms with van der Waals surface area (Å²) >= 11 is 1.58. The van der Waals surface area contributed by atoms with Crippen molar-refractivity contribution in [2.75, 3.05) is 29.1 Å². The van der Waals surface area contributed by atoms with E-state index in [1.807, 2.05) is 41.3 Å². The Bertz CT molecular complexity index is 1630. The normalized spacial score (nSPS) is 19.6. The van der Waals surface area contributed by atoms with E-state index in [0.29, 0.717) is 42.5 Å². The number of rotatable bonds is 7. The maximum atomic E-state index is 14.2. The number of anilines is 2. The number of pyridine rings is 1. The fraction of sp³-hybridized carbons (Fsp3) is 0.207. The molecule has 0 bridgehead atoms. The summed E-state index contributed by atoms with van der Waals surface area (Å²) in [5.74, 6) is -2.12. The van der Waals surface area contributed by atoms with Gasteiger partial charge in [-0.1, -0.05) is 54.2 Å². The van der Waals surface area contributed by atoms with Gasteiger partial charge in [-0.05, 0) is 23.3 Å². The summed E-state index contributed by atoms with van der Waals surface area (Å²) in [7, 11) is 0. The molecule has 9 nitrogen and oxygen atoms in total. The summed E-state index contributed by atoms with van der Waals surface area (Å²) < 4.78 is 41.0. The number of hydrogen-bond donors (Lipinski definition) is 3. The standard InChI is InChI=1S/C29H25F3N8OS/c30-21-10-24(32)25(33-12-21)26(41)37-23-8-4-7-19(9-23)29-17-40(27-34-13-22(31)14-35-27)15-20(29)16-42-28(38-29)39-36-11-18-5-2-1-3-6-18/h1-10,12-14,20,36H,11,15-17H2,(H,37,41)(H,38,39)/t20-,29+/m0/s1. The van der Waals surface area contributed by atoms with Gasteiger partial charge < -0.3 is 15.6 Å².